The topological polar surface area (TPSA) is 30.5 Å². The smallest absolute Gasteiger partial charge is 0.264 e. The predicted molar refractivity (Wildman–Crippen MR) is 56.4 cm³/mol. The molecule has 3 rings (SSSR count). The summed E-state index contributed by atoms with van der Waals surface area (Å²) in [7, 11) is 0. The van der Waals surface area contributed by atoms with Crippen molar-refractivity contribution in [1.29, 1.82) is 0 Å². The van der Waals surface area contributed by atoms with Gasteiger partial charge in [-0.2, -0.15) is 5.48 Å². The highest BCUT2D eigenvalue weighted by molar-refractivity contribution is 5.30. The van der Waals surface area contributed by atoms with E-state index in [0.29, 0.717) is 5.56 Å². The molecule has 98 valence electrons. The first-order chi connectivity index (χ1) is 8.65. The van der Waals surface area contributed by atoms with E-state index in [2.05, 4.69) is 5.48 Å². The van der Waals surface area contributed by atoms with Crippen LogP contribution in [0.25, 0.3) is 0 Å². The lowest BCUT2D eigenvalue weighted by Gasteiger charge is -2.27. The number of fused-ring (bicyclic) bond motifs is 1. The second kappa shape index (κ2) is 4.22. The van der Waals surface area contributed by atoms with Gasteiger partial charge in [0.2, 0.25) is 0 Å². The summed E-state index contributed by atoms with van der Waals surface area (Å²) in [5.41, 5.74) is 1.98. The molecule has 2 aliphatic heterocycles. The van der Waals surface area contributed by atoms with E-state index in [0.717, 1.165) is 0 Å². The molecule has 0 bridgehead atoms. The fraction of sp³-hybridized carbons (Fsp3) is 0.500. The lowest BCUT2D eigenvalue weighted by Crippen LogP contribution is -2.44. The molecule has 0 aliphatic carbocycles. The van der Waals surface area contributed by atoms with Crippen molar-refractivity contribution >= 4 is 0 Å². The molecule has 3 nitrogen and oxygen atoms in total. The molecule has 6 heteroatoms. The molecular formula is C12H12F3NO2. The molecule has 0 radical (unpaired) electrons. The maximum Gasteiger partial charge on any atom is 0.264 e. The van der Waals surface area contributed by atoms with Gasteiger partial charge in [0.15, 0.2) is 0 Å². The van der Waals surface area contributed by atoms with E-state index in [4.69, 9.17) is 9.57 Å². The Hall–Kier alpha value is -1.11. The zero-order valence-corrected chi connectivity index (χ0v) is 9.41. The minimum Gasteiger partial charge on any atom is -0.369 e. The highest BCUT2D eigenvalue weighted by atomic mass is 19.3. The normalized spacial score (nSPS) is 35.1. The number of hydrogen-bond donors (Lipinski definition) is 1. The summed E-state index contributed by atoms with van der Waals surface area (Å²) in [6.07, 6.45) is -3.83. The quantitative estimate of drug-likeness (QED) is 0.879. The first kappa shape index (κ1) is 12.0. The molecule has 2 saturated heterocycles. The Labute approximate surface area is 102 Å². The van der Waals surface area contributed by atoms with Gasteiger partial charge in [0.25, 0.3) is 6.43 Å². The van der Waals surface area contributed by atoms with Gasteiger partial charge in [-0.25, -0.2) is 13.2 Å². The Bertz CT molecular complexity index is 457. The van der Waals surface area contributed by atoms with Crippen LogP contribution in [0.4, 0.5) is 13.2 Å². The van der Waals surface area contributed by atoms with Gasteiger partial charge < -0.3 is 9.57 Å². The van der Waals surface area contributed by atoms with Gasteiger partial charge in [-0.15, -0.1) is 0 Å². The highest BCUT2D eigenvalue weighted by Gasteiger charge is 2.58. The second-order valence-corrected chi connectivity index (χ2v) is 4.58. The minimum absolute atomic E-state index is 0.0202. The first-order valence-corrected chi connectivity index (χ1v) is 5.69. The number of alkyl halides is 2. The van der Waals surface area contributed by atoms with Crippen molar-refractivity contribution in [3.8, 4) is 0 Å². The molecule has 1 aromatic rings. The molecule has 3 atom stereocenters. The molecule has 1 N–H and O–H groups in total. The fourth-order valence-corrected chi connectivity index (χ4v) is 2.74. The molecule has 0 spiro atoms. The van der Waals surface area contributed by atoms with E-state index >= 15 is 0 Å². The summed E-state index contributed by atoms with van der Waals surface area (Å²) in [5, 5.41) is 0. The summed E-state index contributed by atoms with van der Waals surface area (Å²) in [6, 6.07) is 6.10. The van der Waals surface area contributed by atoms with Gasteiger partial charge >= 0.3 is 0 Å². The lowest BCUT2D eigenvalue weighted by atomic mass is 9.79. The van der Waals surface area contributed by atoms with Crippen LogP contribution in [-0.4, -0.2) is 25.7 Å². The van der Waals surface area contributed by atoms with E-state index in [-0.39, 0.29) is 13.2 Å². The molecule has 0 saturated carbocycles. The summed E-state index contributed by atoms with van der Waals surface area (Å²) in [4.78, 5) is 5.07. The number of halogens is 3. The van der Waals surface area contributed by atoms with Crippen molar-refractivity contribution in [2.24, 2.45) is 5.92 Å². The third-order valence-corrected chi connectivity index (χ3v) is 3.65. The van der Waals surface area contributed by atoms with Crippen molar-refractivity contribution in [2.75, 3.05) is 13.2 Å². The Balaban J connectivity index is 2.02. The van der Waals surface area contributed by atoms with Crippen molar-refractivity contribution in [3.05, 3.63) is 35.6 Å². The molecule has 18 heavy (non-hydrogen) atoms. The first-order valence-electron chi connectivity index (χ1n) is 5.69. The van der Waals surface area contributed by atoms with Crippen LogP contribution in [0, 0.1) is 11.7 Å². The number of rotatable bonds is 2. The number of hydroxylamine groups is 1. The average Bonchev–Trinajstić information content (AvgIpc) is 2.87. The van der Waals surface area contributed by atoms with Crippen LogP contribution >= 0.6 is 0 Å². The Morgan fingerprint density at radius 3 is 2.83 bits per heavy atom. The average molecular weight is 259 g/mol. The third-order valence-electron chi connectivity index (χ3n) is 3.65. The number of hydrogen-bond acceptors (Lipinski definition) is 3. The number of benzene rings is 1. The molecule has 2 fully saturated rings. The van der Waals surface area contributed by atoms with Crippen LogP contribution in [-0.2, 0) is 15.1 Å². The van der Waals surface area contributed by atoms with E-state index < -0.39 is 29.8 Å². The summed E-state index contributed by atoms with van der Waals surface area (Å²) in [5.74, 6) is -1.03. The van der Waals surface area contributed by atoms with E-state index in [1.165, 1.54) is 6.07 Å². The van der Waals surface area contributed by atoms with E-state index in [9.17, 15) is 13.2 Å². The zero-order valence-electron chi connectivity index (χ0n) is 9.41. The van der Waals surface area contributed by atoms with Crippen LogP contribution in [0.2, 0.25) is 0 Å². The van der Waals surface area contributed by atoms with E-state index in [1.807, 2.05) is 0 Å². The maximum atomic E-state index is 13.9. The molecule has 0 amide bonds. The summed E-state index contributed by atoms with van der Waals surface area (Å²) < 4.78 is 44.7. The van der Waals surface area contributed by atoms with Crippen LogP contribution in [0.5, 0.6) is 0 Å². The summed E-state index contributed by atoms with van der Waals surface area (Å²) in [6.45, 7) is 0.0664. The van der Waals surface area contributed by atoms with Crippen molar-refractivity contribution in [3.63, 3.8) is 0 Å². The Kier molecular flexibility index (Phi) is 2.80. The standard InChI is InChI=1S/C12H12F3NO2/c13-9-4-2-1-3-7(9)12-6-17-10(11(14)15)8(12)5-18-16-12/h1-4,8,10-11,16H,5-6H2/t8-,10+,12-/m1/s1. The van der Waals surface area contributed by atoms with Crippen molar-refractivity contribution < 1.29 is 22.7 Å². The molecule has 2 aliphatic rings. The molecule has 0 unspecified atom stereocenters. The monoisotopic (exact) mass is 259 g/mol. The van der Waals surface area contributed by atoms with Crippen LogP contribution < -0.4 is 5.48 Å². The van der Waals surface area contributed by atoms with Crippen molar-refractivity contribution in [1.82, 2.24) is 5.48 Å². The number of ether oxygens (including phenoxy) is 1. The second-order valence-electron chi connectivity index (χ2n) is 4.58. The van der Waals surface area contributed by atoms with Gasteiger partial charge in [-0.05, 0) is 6.07 Å². The SMILES string of the molecule is Fc1ccccc1[C@]12CO[C@H](C(F)F)[C@H]1CON2. The molecular weight excluding hydrogens is 247 g/mol. The third kappa shape index (κ3) is 1.56. The highest BCUT2D eigenvalue weighted by Crippen LogP contribution is 2.45. The van der Waals surface area contributed by atoms with Gasteiger partial charge in [-0.3, -0.25) is 0 Å². The maximum absolute atomic E-state index is 13.9. The minimum atomic E-state index is -2.60. The Morgan fingerprint density at radius 1 is 1.33 bits per heavy atom. The van der Waals surface area contributed by atoms with Crippen LogP contribution in [0.1, 0.15) is 5.56 Å². The molecule has 0 aromatic heterocycles. The number of nitrogens with one attached hydrogen (secondary N) is 1. The zero-order chi connectivity index (χ0) is 12.8. The van der Waals surface area contributed by atoms with Gasteiger partial charge in [0, 0.05) is 11.5 Å². The van der Waals surface area contributed by atoms with Crippen molar-refractivity contribution in [2.45, 2.75) is 18.1 Å². The molecule has 2 heterocycles. The predicted octanol–water partition coefficient (Wildman–Crippen LogP) is 1.84. The van der Waals surface area contributed by atoms with Gasteiger partial charge in [-0.1, -0.05) is 18.2 Å². The Morgan fingerprint density at radius 2 is 2.11 bits per heavy atom. The fourth-order valence-electron chi connectivity index (χ4n) is 2.74. The largest absolute Gasteiger partial charge is 0.369 e. The van der Waals surface area contributed by atoms with E-state index in [1.54, 1.807) is 18.2 Å². The lowest BCUT2D eigenvalue weighted by molar-refractivity contribution is -0.0599. The van der Waals surface area contributed by atoms with Gasteiger partial charge in [0.05, 0.1) is 13.2 Å². The van der Waals surface area contributed by atoms with Gasteiger partial charge in [0.1, 0.15) is 17.5 Å². The van der Waals surface area contributed by atoms with Crippen LogP contribution in [0.3, 0.4) is 0 Å². The molecule has 1 aromatic carbocycles. The van der Waals surface area contributed by atoms with Crippen LogP contribution in [0.15, 0.2) is 24.3 Å². The summed E-state index contributed by atoms with van der Waals surface area (Å²) >= 11 is 0.